The van der Waals surface area contributed by atoms with Crippen LogP contribution in [0.1, 0.15) is 58.2 Å². The molecule has 0 saturated heterocycles. The van der Waals surface area contributed by atoms with Gasteiger partial charge in [-0.3, -0.25) is 0 Å². The molecule has 11 aromatic rings. The fraction of sp³-hybridized carbons (Fsp3) is 0.123. The summed E-state index contributed by atoms with van der Waals surface area (Å²) in [5.74, 6) is 0. The SMILES string of the molecule is CC(C)(C)c1c([Si](c2ccccc2)(c2ccccc2)c2ccccc2)c(C(C)(C)C)[c-](CP)c1[Si](c1ccccc1)(c1ccccc1)c1ccccc1.[Fe+2].c1ccc([Si](c2ccccc2)(c2ccccc2)c2ccc[cH-]2)cc1. The molecule has 0 aliphatic heterocycles. The summed E-state index contributed by atoms with van der Waals surface area (Å²) in [5.41, 5.74) is 4.21. The monoisotopic (exact) mass is 1120 g/mol. The minimum absolute atomic E-state index is 0. The first-order valence-corrected chi connectivity index (χ1v) is 34.1. The van der Waals surface area contributed by atoms with Crippen LogP contribution in [0.5, 0.6) is 0 Å². The van der Waals surface area contributed by atoms with Crippen LogP contribution >= 0.6 is 9.24 Å². The molecule has 0 saturated carbocycles. The number of hydrogen-bond acceptors (Lipinski definition) is 0. The van der Waals surface area contributed by atoms with E-state index in [9.17, 15) is 0 Å². The smallest absolute Gasteiger partial charge is 0.214 e. The van der Waals surface area contributed by atoms with Crippen molar-refractivity contribution in [2.75, 3.05) is 0 Å². The van der Waals surface area contributed by atoms with E-state index in [2.05, 4.69) is 348 Å². The zero-order chi connectivity index (χ0) is 53.5. The second kappa shape index (κ2) is 24.1. The molecule has 0 bridgehead atoms. The third-order valence-electron chi connectivity index (χ3n) is 15.8. The van der Waals surface area contributed by atoms with Crippen LogP contribution in [0.4, 0.5) is 0 Å². The molecule has 0 radical (unpaired) electrons. The molecule has 0 aromatic heterocycles. The molecule has 0 amide bonds. The molecule has 0 N–H and O–H groups in total. The van der Waals surface area contributed by atoms with E-state index in [4.69, 9.17) is 0 Å². The first kappa shape index (κ1) is 56.0. The van der Waals surface area contributed by atoms with Crippen LogP contribution in [0.25, 0.3) is 0 Å². The maximum Gasteiger partial charge on any atom is 2.00 e. The minimum atomic E-state index is -3.00. The Hall–Kier alpha value is -6.72. The Kier molecular flexibility index (Phi) is 17.3. The third-order valence-corrected chi connectivity index (χ3v) is 30.7. The molecule has 78 heavy (non-hydrogen) atoms. The fourth-order valence-corrected chi connectivity index (χ4v) is 29.7. The van der Waals surface area contributed by atoms with E-state index in [1.165, 1.54) is 68.6 Å². The van der Waals surface area contributed by atoms with E-state index < -0.39 is 24.2 Å². The maximum atomic E-state index is 3.23. The van der Waals surface area contributed by atoms with Crippen molar-refractivity contribution in [3.05, 3.63) is 314 Å². The molecule has 0 nitrogen and oxygen atoms in total. The van der Waals surface area contributed by atoms with Crippen LogP contribution in [0.3, 0.4) is 0 Å². The minimum Gasteiger partial charge on any atom is -0.214 e. The van der Waals surface area contributed by atoms with Crippen molar-refractivity contribution in [3.63, 3.8) is 0 Å². The van der Waals surface area contributed by atoms with Crippen LogP contribution in [-0.4, -0.2) is 24.2 Å². The van der Waals surface area contributed by atoms with Gasteiger partial charge in [0, 0.05) is 0 Å². The average Bonchev–Trinajstić information content (AvgIpc) is 3.96. The Morgan fingerprint density at radius 2 is 0.590 bits per heavy atom. The van der Waals surface area contributed by atoms with Crippen LogP contribution in [0, 0.1) is 0 Å². The zero-order valence-corrected chi connectivity index (χ0v) is 51.2. The van der Waals surface area contributed by atoms with Crippen molar-refractivity contribution < 1.29 is 17.1 Å². The Balaban J connectivity index is 0.000000246. The first-order chi connectivity index (χ1) is 37.5. The largest absolute Gasteiger partial charge is 2.00 e. The zero-order valence-electron chi connectivity index (χ0n) is 45.9. The molecule has 0 spiro atoms. The summed E-state index contributed by atoms with van der Waals surface area (Å²) in [6, 6.07) is 111. The van der Waals surface area contributed by atoms with Gasteiger partial charge in [-0.2, -0.15) is 38.8 Å². The normalized spacial score (nSPS) is 12.0. The Labute approximate surface area is 481 Å². The standard InChI is InChI=1S/C50H52PSi2.C23H19Si.Fe/c1-49(2,3)45-44(37-51)47(52(38-25-13-7-14-26-38,39-27-15-8-16-28-39)40-29-17-9-18-30-40)46(50(4,5)6)48(45)53(41-31-19-10-20-32-41,42-33-21-11-22-34-42)43-35-23-12-24-36-43;1-4-12-20(13-5-1)24(23-18-10-11-19-23,21-14-6-2-7-15-21)22-16-8-3-9-17-22;/h7-36H,37,51H2,1-6H3;1-19H;/q2*-1;+2. The van der Waals surface area contributed by atoms with Crippen LogP contribution in [0.2, 0.25) is 0 Å². The van der Waals surface area contributed by atoms with E-state index in [-0.39, 0.29) is 27.9 Å². The van der Waals surface area contributed by atoms with Crippen molar-refractivity contribution in [1.29, 1.82) is 0 Å². The van der Waals surface area contributed by atoms with Crippen molar-refractivity contribution in [1.82, 2.24) is 0 Å². The van der Waals surface area contributed by atoms with E-state index >= 15 is 0 Å². The van der Waals surface area contributed by atoms with Gasteiger partial charge < -0.3 is 0 Å². The van der Waals surface area contributed by atoms with Gasteiger partial charge in [-0.25, -0.2) is 12.1 Å². The van der Waals surface area contributed by atoms with Gasteiger partial charge in [-0.05, 0) is 36.5 Å². The molecule has 11 rings (SSSR count). The van der Waals surface area contributed by atoms with E-state index in [0.29, 0.717) is 0 Å². The number of rotatable bonds is 13. The molecular formula is C73H71FePSi3. The van der Waals surface area contributed by atoms with Gasteiger partial charge in [0.2, 0.25) is 0 Å². The van der Waals surface area contributed by atoms with Crippen molar-refractivity contribution in [3.8, 4) is 0 Å². The predicted octanol–water partition coefficient (Wildman–Crippen LogP) is 9.91. The summed E-state index contributed by atoms with van der Waals surface area (Å²) in [6.45, 7) is 14.8. The number of hydrogen-bond donors (Lipinski definition) is 0. The molecule has 5 heteroatoms. The second-order valence-electron chi connectivity index (χ2n) is 22.4. The first-order valence-electron chi connectivity index (χ1n) is 27.3. The predicted molar refractivity (Wildman–Crippen MR) is 346 cm³/mol. The fourth-order valence-electron chi connectivity index (χ4n) is 12.9. The molecule has 1 atom stereocenters. The molecule has 11 aromatic carbocycles. The summed E-state index contributed by atoms with van der Waals surface area (Å²) in [6.07, 6.45) is 0.870. The number of benzene rings is 9. The summed E-state index contributed by atoms with van der Waals surface area (Å²) in [4.78, 5) is 0. The van der Waals surface area contributed by atoms with Gasteiger partial charge in [0.15, 0.2) is 16.1 Å². The van der Waals surface area contributed by atoms with Crippen molar-refractivity contribution >= 4 is 95.7 Å². The second-order valence-corrected chi connectivity index (χ2v) is 34.1. The molecule has 0 aliphatic rings. The summed E-state index contributed by atoms with van der Waals surface area (Å²) in [5, 5.41) is 17.4. The summed E-state index contributed by atoms with van der Waals surface area (Å²) >= 11 is 0. The maximum absolute atomic E-state index is 3.23. The average molecular weight is 1120 g/mol. The quantitative estimate of drug-likeness (QED) is 0.0467. The van der Waals surface area contributed by atoms with Gasteiger partial charge in [-0.1, -0.05) is 342 Å². The molecule has 0 heterocycles. The topological polar surface area (TPSA) is 0 Å². The molecule has 0 fully saturated rings. The molecule has 0 aliphatic carbocycles. The molecular weight excluding hydrogens is 1050 g/mol. The summed E-state index contributed by atoms with van der Waals surface area (Å²) in [7, 11) is -5.00. The van der Waals surface area contributed by atoms with Crippen molar-refractivity contribution in [2.45, 2.75) is 58.5 Å². The Morgan fingerprint density at radius 1 is 0.333 bits per heavy atom. The van der Waals surface area contributed by atoms with E-state index in [0.717, 1.165) is 6.16 Å². The van der Waals surface area contributed by atoms with Crippen LogP contribution in [-0.2, 0) is 34.1 Å². The Morgan fingerprint density at radius 3 is 0.808 bits per heavy atom. The van der Waals surface area contributed by atoms with Gasteiger partial charge in [-0.15, -0.1) is 14.8 Å². The molecule has 388 valence electrons. The van der Waals surface area contributed by atoms with Gasteiger partial charge in [0.1, 0.15) is 8.07 Å². The van der Waals surface area contributed by atoms with E-state index in [1.54, 1.807) is 10.4 Å². The molecule has 1 unspecified atom stereocenters. The Bertz CT molecular complexity index is 3290. The van der Waals surface area contributed by atoms with Crippen LogP contribution in [0.15, 0.2) is 297 Å². The third kappa shape index (κ3) is 10.2. The van der Waals surface area contributed by atoms with Crippen LogP contribution < -0.4 is 62.2 Å². The van der Waals surface area contributed by atoms with Gasteiger partial charge in [0.25, 0.3) is 0 Å². The van der Waals surface area contributed by atoms with Gasteiger partial charge >= 0.3 is 17.1 Å². The summed E-state index contributed by atoms with van der Waals surface area (Å²) < 4.78 is 0. The van der Waals surface area contributed by atoms with Gasteiger partial charge in [0.05, 0.1) is 0 Å². The van der Waals surface area contributed by atoms with Crippen molar-refractivity contribution in [2.24, 2.45) is 0 Å². The van der Waals surface area contributed by atoms with E-state index in [1.807, 2.05) is 0 Å².